The average molecular weight is 417 g/mol. The zero-order valence-electron chi connectivity index (χ0n) is 17.5. The lowest BCUT2D eigenvalue weighted by Gasteiger charge is -2.22. The van der Waals surface area contributed by atoms with Crippen molar-refractivity contribution in [1.29, 1.82) is 0 Å². The SMILES string of the molecule is O=C(CCc1ccccc1)NCc1ccc(C(=O)N(CCO)Cc2ccccc2)cc1. The van der Waals surface area contributed by atoms with Gasteiger partial charge >= 0.3 is 0 Å². The van der Waals surface area contributed by atoms with Crippen LogP contribution >= 0.6 is 0 Å². The maximum Gasteiger partial charge on any atom is 0.254 e. The Balaban J connectivity index is 1.52. The number of rotatable bonds is 10. The first-order valence-electron chi connectivity index (χ1n) is 10.5. The largest absolute Gasteiger partial charge is 0.395 e. The van der Waals surface area contributed by atoms with Gasteiger partial charge in [0.05, 0.1) is 6.61 Å². The van der Waals surface area contributed by atoms with Crippen LogP contribution in [0.1, 0.15) is 33.5 Å². The standard InChI is InChI=1S/C26H28N2O3/c29-18-17-28(20-23-9-5-2-6-10-23)26(31)24-14-11-22(12-15-24)19-27-25(30)16-13-21-7-3-1-4-8-21/h1-12,14-15,29H,13,16-20H2,(H,27,30). The van der Waals surface area contributed by atoms with Crippen molar-refractivity contribution < 1.29 is 14.7 Å². The highest BCUT2D eigenvalue weighted by atomic mass is 16.3. The highest BCUT2D eigenvalue weighted by Crippen LogP contribution is 2.12. The fraction of sp³-hybridized carbons (Fsp3) is 0.231. The minimum absolute atomic E-state index is 0.000915. The van der Waals surface area contributed by atoms with Gasteiger partial charge < -0.3 is 15.3 Å². The third kappa shape index (κ3) is 7.08. The molecule has 160 valence electrons. The fourth-order valence-electron chi connectivity index (χ4n) is 3.32. The second-order valence-electron chi connectivity index (χ2n) is 7.40. The van der Waals surface area contributed by atoms with Gasteiger partial charge in [0.1, 0.15) is 0 Å². The number of hydrogen-bond donors (Lipinski definition) is 2. The Morgan fingerprint density at radius 2 is 1.39 bits per heavy atom. The summed E-state index contributed by atoms with van der Waals surface area (Å²) in [6.45, 7) is 1.05. The molecule has 0 radical (unpaired) electrons. The first kappa shape index (κ1) is 22.2. The van der Waals surface area contributed by atoms with Crippen LogP contribution in [0.4, 0.5) is 0 Å². The van der Waals surface area contributed by atoms with Crippen molar-refractivity contribution in [2.24, 2.45) is 0 Å². The fourth-order valence-corrected chi connectivity index (χ4v) is 3.32. The van der Waals surface area contributed by atoms with E-state index in [4.69, 9.17) is 0 Å². The number of aryl methyl sites for hydroxylation is 1. The van der Waals surface area contributed by atoms with Crippen LogP contribution in [-0.4, -0.2) is 35.0 Å². The molecule has 0 heterocycles. The van der Waals surface area contributed by atoms with Crippen molar-refractivity contribution in [3.63, 3.8) is 0 Å². The summed E-state index contributed by atoms with van der Waals surface area (Å²) in [6, 6.07) is 26.9. The summed E-state index contributed by atoms with van der Waals surface area (Å²) in [5.41, 5.74) is 3.65. The molecule has 0 aliphatic rings. The Morgan fingerprint density at radius 3 is 2.00 bits per heavy atom. The summed E-state index contributed by atoms with van der Waals surface area (Å²) < 4.78 is 0. The van der Waals surface area contributed by atoms with Gasteiger partial charge in [-0.05, 0) is 35.2 Å². The minimum atomic E-state index is -0.128. The quantitative estimate of drug-likeness (QED) is 0.531. The highest BCUT2D eigenvalue weighted by molar-refractivity contribution is 5.94. The van der Waals surface area contributed by atoms with E-state index in [1.54, 1.807) is 17.0 Å². The van der Waals surface area contributed by atoms with Gasteiger partial charge in [-0.2, -0.15) is 0 Å². The normalized spacial score (nSPS) is 10.5. The van der Waals surface area contributed by atoms with Crippen molar-refractivity contribution >= 4 is 11.8 Å². The number of nitrogens with zero attached hydrogens (tertiary/aromatic N) is 1. The predicted molar refractivity (Wildman–Crippen MR) is 121 cm³/mol. The van der Waals surface area contributed by atoms with Crippen LogP contribution in [0.5, 0.6) is 0 Å². The zero-order chi connectivity index (χ0) is 21.9. The molecule has 0 saturated heterocycles. The van der Waals surface area contributed by atoms with Crippen LogP contribution in [0.25, 0.3) is 0 Å². The second kappa shape index (κ2) is 11.7. The Hall–Kier alpha value is -3.44. The molecule has 5 nitrogen and oxygen atoms in total. The summed E-state index contributed by atoms with van der Waals surface area (Å²) in [5, 5.41) is 12.3. The lowest BCUT2D eigenvalue weighted by atomic mass is 10.1. The molecule has 3 rings (SSSR count). The first-order valence-corrected chi connectivity index (χ1v) is 10.5. The predicted octanol–water partition coefficient (Wildman–Crippen LogP) is 3.57. The molecule has 2 amide bonds. The molecular weight excluding hydrogens is 388 g/mol. The molecule has 0 bridgehead atoms. The molecule has 3 aromatic carbocycles. The molecule has 0 saturated carbocycles. The first-order chi connectivity index (χ1) is 15.2. The van der Waals surface area contributed by atoms with Gasteiger partial charge in [0.25, 0.3) is 5.91 Å². The molecular formula is C26H28N2O3. The molecule has 0 fully saturated rings. The Morgan fingerprint density at radius 1 is 0.774 bits per heavy atom. The van der Waals surface area contributed by atoms with Crippen LogP contribution in [0.3, 0.4) is 0 Å². The van der Waals surface area contributed by atoms with Crippen LogP contribution in [-0.2, 0) is 24.3 Å². The van der Waals surface area contributed by atoms with E-state index in [0.29, 0.717) is 31.5 Å². The molecule has 0 aromatic heterocycles. The number of aliphatic hydroxyl groups is 1. The van der Waals surface area contributed by atoms with E-state index in [9.17, 15) is 14.7 Å². The second-order valence-corrected chi connectivity index (χ2v) is 7.40. The van der Waals surface area contributed by atoms with E-state index in [1.165, 1.54) is 0 Å². The number of aliphatic hydroxyl groups excluding tert-OH is 1. The van der Waals surface area contributed by atoms with Crippen LogP contribution in [0.15, 0.2) is 84.9 Å². The summed E-state index contributed by atoms with van der Waals surface area (Å²) in [6.07, 6.45) is 1.15. The summed E-state index contributed by atoms with van der Waals surface area (Å²) in [7, 11) is 0. The van der Waals surface area contributed by atoms with Crippen molar-refractivity contribution in [3.05, 3.63) is 107 Å². The molecule has 0 spiro atoms. The Kier molecular flexibility index (Phi) is 8.38. The number of carbonyl (C=O) groups is 2. The topological polar surface area (TPSA) is 69.6 Å². The molecule has 0 atom stereocenters. The van der Waals surface area contributed by atoms with Gasteiger partial charge in [-0.1, -0.05) is 72.8 Å². The summed E-state index contributed by atoms with van der Waals surface area (Å²) in [5.74, 6) is -0.127. The van der Waals surface area contributed by atoms with Crippen LogP contribution in [0.2, 0.25) is 0 Å². The minimum Gasteiger partial charge on any atom is -0.395 e. The highest BCUT2D eigenvalue weighted by Gasteiger charge is 2.15. The van der Waals surface area contributed by atoms with E-state index in [0.717, 1.165) is 16.7 Å². The van der Waals surface area contributed by atoms with Crippen molar-refractivity contribution in [3.8, 4) is 0 Å². The van der Waals surface area contributed by atoms with Crippen LogP contribution in [0, 0.1) is 0 Å². The lowest BCUT2D eigenvalue weighted by molar-refractivity contribution is -0.121. The summed E-state index contributed by atoms with van der Waals surface area (Å²) >= 11 is 0. The Bertz CT molecular complexity index is 957. The molecule has 31 heavy (non-hydrogen) atoms. The molecule has 0 unspecified atom stereocenters. The maximum atomic E-state index is 12.9. The number of carbonyl (C=O) groups excluding carboxylic acids is 2. The van der Waals surface area contributed by atoms with Gasteiger partial charge in [-0.25, -0.2) is 0 Å². The van der Waals surface area contributed by atoms with Gasteiger partial charge in [-0.15, -0.1) is 0 Å². The van der Waals surface area contributed by atoms with E-state index < -0.39 is 0 Å². The van der Waals surface area contributed by atoms with Gasteiger partial charge in [0.2, 0.25) is 5.91 Å². The molecule has 3 aromatic rings. The number of nitrogens with one attached hydrogen (secondary N) is 1. The third-order valence-corrected chi connectivity index (χ3v) is 5.05. The van der Waals surface area contributed by atoms with Crippen molar-refractivity contribution in [1.82, 2.24) is 10.2 Å². The summed E-state index contributed by atoms with van der Waals surface area (Å²) in [4.78, 5) is 26.6. The third-order valence-electron chi connectivity index (χ3n) is 5.05. The van der Waals surface area contributed by atoms with E-state index in [1.807, 2.05) is 72.8 Å². The smallest absolute Gasteiger partial charge is 0.254 e. The molecule has 5 heteroatoms. The number of amides is 2. The van der Waals surface area contributed by atoms with Gasteiger partial charge in [-0.3, -0.25) is 9.59 Å². The van der Waals surface area contributed by atoms with Crippen molar-refractivity contribution in [2.45, 2.75) is 25.9 Å². The Labute approximate surface area is 183 Å². The number of benzene rings is 3. The van der Waals surface area contributed by atoms with Crippen LogP contribution < -0.4 is 5.32 Å². The van der Waals surface area contributed by atoms with Gasteiger partial charge in [0, 0.05) is 31.6 Å². The molecule has 0 aliphatic heterocycles. The molecule has 0 aliphatic carbocycles. The monoisotopic (exact) mass is 416 g/mol. The lowest BCUT2D eigenvalue weighted by Crippen LogP contribution is -2.33. The van der Waals surface area contributed by atoms with Gasteiger partial charge in [0.15, 0.2) is 0 Å². The van der Waals surface area contributed by atoms with Crippen molar-refractivity contribution in [2.75, 3.05) is 13.2 Å². The average Bonchev–Trinajstić information content (AvgIpc) is 2.82. The maximum absolute atomic E-state index is 12.9. The zero-order valence-corrected chi connectivity index (χ0v) is 17.5. The van der Waals surface area contributed by atoms with E-state index in [-0.39, 0.29) is 25.0 Å². The van der Waals surface area contributed by atoms with E-state index in [2.05, 4.69) is 5.32 Å². The number of hydrogen-bond acceptors (Lipinski definition) is 3. The molecule has 2 N–H and O–H groups in total. The van der Waals surface area contributed by atoms with E-state index >= 15 is 0 Å².